The summed E-state index contributed by atoms with van der Waals surface area (Å²) in [6.45, 7) is 8.55. The van der Waals surface area contributed by atoms with Crippen molar-refractivity contribution in [1.82, 2.24) is 4.98 Å². The van der Waals surface area contributed by atoms with Crippen LogP contribution in [0.4, 0.5) is 0 Å². The fourth-order valence-corrected chi connectivity index (χ4v) is 1.78. The lowest BCUT2D eigenvalue weighted by molar-refractivity contribution is 0.461. The minimum atomic E-state index is 0.691. The van der Waals surface area contributed by atoms with E-state index < -0.39 is 0 Å². The summed E-state index contributed by atoms with van der Waals surface area (Å²) >= 11 is 0. The van der Waals surface area contributed by atoms with Gasteiger partial charge in [0, 0.05) is 12.4 Å². The summed E-state index contributed by atoms with van der Waals surface area (Å²) in [7, 11) is 0. The first kappa shape index (κ1) is 12.0. The maximum absolute atomic E-state index is 4.16. The van der Waals surface area contributed by atoms with Crippen LogP contribution in [0.15, 0.2) is 24.5 Å². The molecule has 1 unspecified atom stereocenters. The van der Waals surface area contributed by atoms with Crippen LogP contribution in [0.5, 0.6) is 0 Å². The van der Waals surface area contributed by atoms with Crippen molar-refractivity contribution in [2.24, 2.45) is 11.8 Å². The van der Waals surface area contributed by atoms with Crippen LogP contribution in [0.2, 0.25) is 0 Å². The summed E-state index contributed by atoms with van der Waals surface area (Å²) in [5.74, 6) is 1.42. The molecule has 1 heterocycles. The summed E-state index contributed by atoms with van der Waals surface area (Å²) in [6, 6.07) is 2.09. The number of hydrogen-bond donors (Lipinski definition) is 0. The average molecular weight is 203 g/mol. The molecule has 1 aromatic rings. The number of allylic oxidation sites excluding steroid dienone is 1. The van der Waals surface area contributed by atoms with Crippen LogP contribution >= 0.6 is 0 Å². The maximum Gasteiger partial charge on any atom is 0.0306 e. The van der Waals surface area contributed by atoms with E-state index in [0.717, 1.165) is 12.3 Å². The first-order chi connectivity index (χ1) is 7.27. The molecule has 0 amide bonds. The Hall–Kier alpha value is -1.11. The molecule has 0 saturated heterocycles. The highest BCUT2D eigenvalue weighted by atomic mass is 14.6. The molecule has 0 spiro atoms. The predicted molar refractivity (Wildman–Crippen MR) is 66.7 cm³/mol. The molecule has 1 atom stereocenters. The van der Waals surface area contributed by atoms with Gasteiger partial charge in [-0.1, -0.05) is 39.8 Å². The van der Waals surface area contributed by atoms with Crippen molar-refractivity contribution in [3.05, 3.63) is 35.7 Å². The summed E-state index contributed by atoms with van der Waals surface area (Å²) in [6.07, 6.45) is 9.56. The fourth-order valence-electron chi connectivity index (χ4n) is 1.78. The highest BCUT2D eigenvalue weighted by Crippen LogP contribution is 2.26. The molecular formula is C14H21N. The molecule has 15 heavy (non-hydrogen) atoms. The van der Waals surface area contributed by atoms with Crippen LogP contribution in [0, 0.1) is 11.8 Å². The van der Waals surface area contributed by atoms with Crippen molar-refractivity contribution in [3.63, 3.8) is 0 Å². The number of nitrogens with zero attached hydrogens (tertiary/aromatic N) is 1. The van der Waals surface area contributed by atoms with Crippen molar-refractivity contribution < 1.29 is 0 Å². The molecule has 0 bridgehead atoms. The third kappa shape index (κ3) is 2.92. The lowest BCUT2D eigenvalue weighted by Crippen LogP contribution is -2.13. The summed E-state index contributed by atoms with van der Waals surface area (Å²) in [4.78, 5) is 4.16. The van der Waals surface area contributed by atoms with E-state index in [1.165, 1.54) is 11.1 Å². The maximum atomic E-state index is 4.16. The number of aromatic nitrogens is 1. The monoisotopic (exact) mass is 203 g/mol. The van der Waals surface area contributed by atoms with Crippen molar-refractivity contribution in [3.8, 4) is 0 Å². The fraction of sp³-hybridized carbons (Fsp3) is 0.500. The minimum absolute atomic E-state index is 0.691. The zero-order chi connectivity index (χ0) is 11.3. The van der Waals surface area contributed by atoms with Crippen molar-refractivity contribution in [2.75, 3.05) is 0 Å². The number of pyridine rings is 1. The molecule has 1 aliphatic carbocycles. The summed E-state index contributed by atoms with van der Waals surface area (Å²) in [5, 5.41) is 0. The largest absolute Gasteiger partial charge is 0.264 e. The van der Waals surface area contributed by atoms with Crippen molar-refractivity contribution in [2.45, 2.75) is 34.1 Å². The van der Waals surface area contributed by atoms with E-state index in [4.69, 9.17) is 0 Å². The Bertz CT molecular complexity index is 326. The average Bonchev–Trinajstić information content (AvgIpc) is 2.31. The third-order valence-electron chi connectivity index (χ3n) is 2.78. The van der Waals surface area contributed by atoms with Crippen LogP contribution in [0.3, 0.4) is 0 Å². The Balaban J connectivity index is 0.000000531. The molecule has 0 radical (unpaired) electrons. The van der Waals surface area contributed by atoms with Gasteiger partial charge >= 0.3 is 0 Å². The summed E-state index contributed by atoms with van der Waals surface area (Å²) in [5.41, 5.74) is 2.73. The zero-order valence-corrected chi connectivity index (χ0v) is 10.2. The van der Waals surface area contributed by atoms with Crippen molar-refractivity contribution >= 4 is 6.08 Å². The second kappa shape index (κ2) is 5.69. The van der Waals surface area contributed by atoms with Gasteiger partial charge in [0.25, 0.3) is 0 Å². The quantitative estimate of drug-likeness (QED) is 0.673. The van der Waals surface area contributed by atoms with Gasteiger partial charge in [-0.2, -0.15) is 0 Å². The van der Waals surface area contributed by atoms with Gasteiger partial charge in [0.15, 0.2) is 0 Å². The van der Waals surface area contributed by atoms with E-state index in [-0.39, 0.29) is 0 Å². The summed E-state index contributed by atoms with van der Waals surface area (Å²) < 4.78 is 0. The Labute approximate surface area is 93.2 Å². The topological polar surface area (TPSA) is 12.9 Å². The molecule has 0 N–H and O–H groups in total. The molecule has 1 aliphatic rings. The Morgan fingerprint density at radius 3 is 2.73 bits per heavy atom. The van der Waals surface area contributed by atoms with Gasteiger partial charge in [0.1, 0.15) is 0 Å². The van der Waals surface area contributed by atoms with Crippen LogP contribution in [-0.4, -0.2) is 4.98 Å². The lowest BCUT2D eigenvalue weighted by atomic mass is 9.84. The molecule has 0 aliphatic heterocycles. The van der Waals surface area contributed by atoms with Crippen LogP contribution in [0.1, 0.15) is 38.8 Å². The van der Waals surface area contributed by atoms with E-state index in [2.05, 4.69) is 37.0 Å². The number of rotatable bonds is 1. The lowest BCUT2D eigenvalue weighted by Gasteiger charge is -2.21. The highest BCUT2D eigenvalue weighted by Gasteiger charge is 2.16. The minimum Gasteiger partial charge on any atom is -0.264 e. The van der Waals surface area contributed by atoms with E-state index in [1.54, 1.807) is 0 Å². The molecule has 0 saturated carbocycles. The molecular weight excluding hydrogens is 182 g/mol. The zero-order valence-electron chi connectivity index (χ0n) is 10.2. The first-order valence-corrected chi connectivity index (χ1v) is 5.88. The highest BCUT2D eigenvalue weighted by molar-refractivity contribution is 5.55. The Morgan fingerprint density at radius 1 is 1.33 bits per heavy atom. The van der Waals surface area contributed by atoms with Gasteiger partial charge in [0.05, 0.1) is 0 Å². The molecule has 0 fully saturated rings. The Morgan fingerprint density at radius 2 is 2.07 bits per heavy atom. The van der Waals surface area contributed by atoms with E-state index in [1.807, 2.05) is 26.2 Å². The van der Waals surface area contributed by atoms with Crippen molar-refractivity contribution in [1.29, 1.82) is 0 Å². The predicted octanol–water partition coefficient (Wildman–Crippen LogP) is 3.95. The molecule has 2 rings (SSSR count). The van der Waals surface area contributed by atoms with Crippen LogP contribution in [-0.2, 0) is 6.42 Å². The van der Waals surface area contributed by atoms with Gasteiger partial charge in [-0.3, -0.25) is 4.98 Å². The number of fused-ring (bicyclic) bond motifs is 1. The smallest absolute Gasteiger partial charge is 0.0306 e. The van der Waals surface area contributed by atoms with Gasteiger partial charge < -0.3 is 0 Å². The second-order valence-electron chi connectivity index (χ2n) is 4.05. The molecule has 1 heteroatoms. The van der Waals surface area contributed by atoms with E-state index in [0.29, 0.717) is 5.92 Å². The van der Waals surface area contributed by atoms with Crippen LogP contribution < -0.4 is 0 Å². The van der Waals surface area contributed by atoms with E-state index >= 15 is 0 Å². The van der Waals surface area contributed by atoms with Gasteiger partial charge in [0.2, 0.25) is 0 Å². The van der Waals surface area contributed by atoms with Gasteiger partial charge in [-0.15, -0.1) is 0 Å². The molecule has 82 valence electrons. The first-order valence-electron chi connectivity index (χ1n) is 5.88. The SMILES string of the molecule is CC.CC(C)C1C=Cc2ccncc2C1. The standard InChI is InChI=1S/C12H15N.C2H6/c1-9(2)11-4-3-10-5-6-13-8-12(10)7-11;1-2/h3-6,8-9,11H,7H2,1-2H3;1-2H3. The third-order valence-corrected chi connectivity index (χ3v) is 2.78. The van der Waals surface area contributed by atoms with E-state index in [9.17, 15) is 0 Å². The van der Waals surface area contributed by atoms with Gasteiger partial charge in [-0.25, -0.2) is 0 Å². The Kier molecular flexibility index (Phi) is 4.54. The molecule has 0 aromatic carbocycles. The molecule has 1 nitrogen and oxygen atoms in total. The molecule has 1 aromatic heterocycles. The van der Waals surface area contributed by atoms with Gasteiger partial charge in [-0.05, 0) is 35.4 Å². The van der Waals surface area contributed by atoms with Crippen LogP contribution in [0.25, 0.3) is 6.08 Å². The number of hydrogen-bond acceptors (Lipinski definition) is 1. The second-order valence-corrected chi connectivity index (χ2v) is 4.05. The normalized spacial score (nSPS) is 18.1.